The highest BCUT2D eigenvalue weighted by Gasteiger charge is 2.21. The highest BCUT2D eigenvalue weighted by Crippen LogP contribution is 2.30. The number of nitrogens with zero attached hydrogens (tertiary/aromatic N) is 3. The van der Waals surface area contributed by atoms with Gasteiger partial charge in [0, 0.05) is 19.3 Å². The highest BCUT2D eigenvalue weighted by atomic mass is 16.5. The van der Waals surface area contributed by atoms with E-state index in [4.69, 9.17) is 4.74 Å². The Hall–Kier alpha value is -3.41. The highest BCUT2D eigenvalue weighted by molar-refractivity contribution is 5.92. The predicted octanol–water partition coefficient (Wildman–Crippen LogP) is 4.25. The average Bonchev–Trinajstić information content (AvgIpc) is 3.25. The first kappa shape index (κ1) is 17.0. The zero-order valence-electron chi connectivity index (χ0n) is 14.8. The average molecular weight is 360 g/mol. The van der Waals surface area contributed by atoms with E-state index in [-0.39, 0.29) is 5.91 Å². The molecule has 1 aromatic heterocycles. The number of anilines is 2. The fourth-order valence-corrected chi connectivity index (χ4v) is 3.02. The van der Waals surface area contributed by atoms with Gasteiger partial charge in [-0.25, -0.2) is 9.97 Å². The molecule has 1 aliphatic rings. The minimum Gasteiger partial charge on any atom is -0.455 e. The zero-order valence-corrected chi connectivity index (χ0v) is 14.8. The van der Waals surface area contributed by atoms with E-state index in [2.05, 4.69) is 15.3 Å². The van der Waals surface area contributed by atoms with Gasteiger partial charge in [0.2, 0.25) is 5.95 Å². The number of para-hydroxylation sites is 3. The number of hydrogen-bond acceptors (Lipinski definition) is 5. The quantitative estimate of drug-likeness (QED) is 0.737. The van der Waals surface area contributed by atoms with Crippen molar-refractivity contribution < 1.29 is 9.53 Å². The molecule has 1 saturated heterocycles. The van der Waals surface area contributed by atoms with Crippen LogP contribution in [0.2, 0.25) is 0 Å². The van der Waals surface area contributed by atoms with Crippen molar-refractivity contribution in [2.24, 2.45) is 0 Å². The lowest BCUT2D eigenvalue weighted by Gasteiger charge is -2.15. The Morgan fingerprint density at radius 3 is 2.52 bits per heavy atom. The largest absolute Gasteiger partial charge is 0.455 e. The second-order valence-electron chi connectivity index (χ2n) is 6.30. The fourth-order valence-electron chi connectivity index (χ4n) is 3.02. The van der Waals surface area contributed by atoms with Crippen molar-refractivity contribution in [2.45, 2.75) is 12.8 Å². The molecule has 1 N–H and O–H groups in total. The van der Waals surface area contributed by atoms with E-state index in [1.165, 1.54) is 0 Å². The van der Waals surface area contributed by atoms with E-state index in [0.717, 1.165) is 37.4 Å². The molecule has 6 nitrogen and oxygen atoms in total. The van der Waals surface area contributed by atoms with Crippen molar-refractivity contribution in [3.8, 4) is 11.5 Å². The number of amides is 1. The Labute approximate surface area is 157 Å². The Morgan fingerprint density at radius 2 is 1.70 bits per heavy atom. The maximum atomic E-state index is 12.5. The van der Waals surface area contributed by atoms with Gasteiger partial charge in [0.15, 0.2) is 5.75 Å². The molecule has 6 heteroatoms. The van der Waals surface area contributed by atoms with Crippen LogP contribution in [0.15, 0.2) is 66.9 Å². The van der Waals surface area contributed by atoms with E-state index < -0.39 is 0 Å². The molecule has 0 unspecified atom stereocenters. The minimum absolute atomic E-state index is 0.0493. The van der Waals surface area contributed by atoms with Gasteiger partial charge in [-0.3, -0.25) is 4.79 Å². The zero-order chi connectivity index (χ0) is 18.5. The summed E-state index contributed by atoms with van der Waals surface area (Å²) in [4.78, 5) is 23.0. The molecule has 136 valence electrons. The SMILES string of the molecule is O=C(c1ccnc(Nc2ccccc2Oc2ccccc2)n1)N1CCCC1. The molecule has 2 aromatic carbocycles. The molecule has 0 aliphatic carbocycles. The number of hydrogen-bond donors (Lipinski definition) is 1. The van der Waals surface area contributed by atoms with Crippen LogP contribution in [0.1, 0.15) is 23.3 Å². The molecule has 1 aliphatic heterocycles. The summed E-state index contributed by atoms with van der Waals surface area (Å²) < 4.78 is 5.95. The first-order chi connectivity index (χ1) is 13.3. The molecule has 0 bridgehead atoms. The Morgan fingerprint density at radius 1 is 0.963 bits per heavy atom. The normalized spacial score (nSPS) is 13.4. The summed E-state index contributed by atoms with van der Waals surface area (Å²) in [6.07, 6.45) is 3.69. The summed E-state index contributed by atoms with van der Waals surface area (Å²) >= 11 is 0. The first-order valence-corrected chi connectivity index (χ1v) is 9.01. The molecule has 0 saturated carbocycles. The predicted molar refractivity (Wildman–Crippen MR) is 103 cm³/mol. The van der Waals surface area contributed by atoms with Gasteiger partial charge in [-0.05, 0) is 43.2 Å². The van der Waals surface area contributed by atoms with Gasteiger partial charge in [-0.1, -0.05) is 30.3 Å². The van der Waals surface area contributed by atoms with Crippen LogP contribution < -0.4 is 10.1 Å². The van der Waals surface area contributed by atoms with E-state index in [0.29, 0.717) is 17.4 Å². The number of likely N-dealkylation sites (tertiary alicyclic amines) is 1. The molecular formula is C21H20N4O2. The van der Waals surface area contributed by atoms with Crippen LogP contribution in [-0.4, -0.2) is 33.9 Å². The molecule has 0 radical (unpaired) electrons. The third kappa shape index (κ3) is 4.06. The molecule has 27 heavy (non-hydrogen) atoms. The number of nitrogens with one attached hydrogen (secondary N) is 1. The number of carbonyl (C=O) groups is 1. The first-order valence-electron chi connectivity index (χ1n) is 9.01. The van der Waals surface area contributed by atoms with Gasteiger partial charge in [-0.15, -0.1) is 0 Å². The van der Waals surface area contributed by atoms with Crippen molar-refractivity contribution in [1.29, 1.82) is 0 Å². The lowest BCUT2D eigenvalue weighted by molar-refractivity contribution is 0.0787. The van der Waals surface area contributed by atoms with Crippen LogP contribution >= 0.6 is 0 Å². The second-order valence-corrected chi connectivity index (χ2v) is 6.30. The lowest BCUT2D eigenvalue weighted by atomic mass is 10.3. The third-order valence-electron chi connectivity index (χ3n) is 4.37. The van der Waals surface area contributed by atoms with Crippen molar-refractivity contribution >= 4 is 17.5 Å². The Bertz CT molecular complexity index is 924. The van der Waals surface area contributed by atoms with Crippen LogP contribution in [0, 0.1) is 0 Å². The van der Waals surface area contributed by atoms with Crippen LogP contribution in [0.4, 0.5) is 11.6 Å². The number of ether oxygens (including phenoxy) is 1. The molecule has 4 rings (SSSR count). The van der Waals surface area contributed by atoms with Crippen molar-refractivity contribution in [2.75, 3.05) is 18.4 Å². The summed E-state index contributed by atoms with van der Waals surface area (Å²) in [6.45, 7) is 1.58. The molecule has 0 spiro atoms. The van der Waals surface area contributed by atoms with Crippen LogP contribution in [0.5, 0.6) is 11.5 Å². The van der Waals surface area contributed by atoms with E-state index in [9.17, 15) is 4.79 Å². The molecule has 0 atom stereocenters. The molecule has 1 fully saturated rings. The number of aromatic nitrogens is 2. The fraction of sp³-hybridized carbons (Fsp3) is 0.190. The summed E-state index contributed by atoms with van der Waals surface area (Å²) in [7, 11) is 0. The molecule has 1 amide bonds. The number of rotatable bonds is 5. The van der Waals surface area contributed by atoms with Gasteiger partial charge >= 0.3 is 0 Å². The van der Waals surface area contributed by atoms with Crippen molar-refractivity contribution in [1.82, 2.24) is 14.9 Å². The summed E-state index contributed by atoms with van der Waals surface area (Å²) in [5.74, 6) is 1.71. The van der Waals surface area contributed by atoms with Gasteiger partial charge in [0.25, 0.3) is 5.91 Å². The third-order valence-corrected chi connectivity index (χ3v) is 4.37. The Kier molecular flexibility index (Phi) is 4.96. The topological polar surface area (TPSA) is 67.3 Å². The van der Waals surface area contributed by atoms with Crippen LogP contribution in [0.25, 0.3) is 0 Å². The summed E-state index contributed by atoms with van der Waals surface area (Å²) in [6, 6.07) is 18.8. The summed E-state index contributed by atoms with van der Waals surface area (Å²) in [5.41, 5.74) is 1.13. The molecule has 3 aromatic rings. The van der Waals surface area contributed by atoms with Crippen LogP contribution in [-0.2, 0) is 0 Å². The van der Waals surface area contributed by atoms with Crippen LogP contribution in [0.3, 0.4) is 0 Å². The maximum Gasteiger partial charge on any atom is 0.272 e. The lowest BCUT2D eigenvalue weighted by Crippen LogP contribution is -2.28. The number of carbonyl (C=O) groups excluding carboxylic acids is 1. The summed E-state index contributed by atoms with van der Waals surface area (Å²) in [5, 5.41) is 3.16. The van der Waals surface area contributed by atoms with Crippen molar-refractivity contribution in [3.05, 3.63) is 72.6 Å². The van der Waals surface area contributed by atoms with Gasteiger partial charge in [-0.2, -0.15) is 0 Å². The van der Waals surface area contributed by atoms with Crippen molar-refractivity contribution in [3.63, 3.8) is 0 Å². The number of benzene rings is 2. The Balaban J connectivity index is 1.54. The standard InChI is InChI=1S/C21H20N4O2/c26-20(25-14-6-7-15-25)18-12-13-22-21(24-18)23-17-10-4-5-11-19(17)27-16-8-2-1-3-9-16/h1-5,8-13H,6-7,14-15H2,(H,22,23,24). The molecular weight excluding hydrogens is 340 g/mol. The van der Waals surface area contributed by atoms with Gasteiger partial charge in [0.05, 0.1) is 5.69 Å². The monoisotopic (exact) mass is 360 g/mol. The second kappa shape index (κ2) is 7.86. The smallest absolute Gasteiger partial charge is 0.272 e. The molecule has 2 heterocycles. The van der Waals surface area contributed by atoms with E-state index in [1.54, 1.807) is 12.3 Å². The van der Waals surface area contributed by atoms with E-state index in [1.807, 2.05) is 59.5 Å². The minimum atomic E-state index is -0.0493. The van der Waals surface area contributed by atoms with Gasteiger partial charge < -0.3 is 15.0 Å². The maximum absolute atomic E-state index is 12.5. The van der Waals surface area contributed by atoms with Gasteiger partial charge in [0.1, 0.15) is 11.4 Å². The van der Waals surface area contributed by atoms with E-state index >= 15 is 0 Å².